The van der Waals surface area contributed by atoms with Crippen LogP contribution in [0, 0.1) is 6.92 Å². The topological polar surface area (TPSA) is 55.6 Å². The number of anilines is 2. The molecule has 0 saturated carbocycles. The Balaban J connectivity index is 2.34. The highest BCUT2D eigenvalue weighted by Crippen LogP contribution is 2.24. The van der Waals surface area contributed by atoms with Gasteiger partial charge in [0.25, 0.3) is 5.91 Å². The highest BCUT2D eigenvalue weighted by atomic mass is 16.5. The van der Waals surface area contributed by atoms with Gasteiger partial charge in [-0.15, -0.1) is 0 Å². The van der Waals surface area contributed by atoms with Crippen molar-refractivity contribution in [3.05, 3.63) is 53.6 Å². The third kappa shape index (κ3) is 2.59. The number of nitrogens with zero attached hydrogens (tertiary/aromatic N) is 1. The van der Waals surface area contributed by atoms with Crippen molar-refractivity contribution in [2.24, 2.45) is 0 Å². The highest BCUT2D eigenvalue weighted by Gasteiger charge is 2.17. The van der Waals surface area contributed by atoms with Gasteiger partial charge in [-0.2, -0.15) is 0 Å². The van der Waals surface area contributed by atoms with Crippen molar-refractivity contribution < 1.29 is 9.53 Å². The van der Waals surface area contributed by atoms with Crippen LogP contribution in [0.15, 0.2) is 42.5 Å². The summed E-state index contributed by atoms with van der Waals surface area (Å²) >= 11 is 0. The lowest BCUT2D eigenvalue weighted by Crippen LogP contribution is -2.27. The first-order chi connectivity index (χ1) is 9.54. The molecule has 0 heterocycles. The Morgan fingerprint density at radius 1 is 1.20 bits per heavy atom. The zero-order valence-electron chi connectivity index (χ0n) is 11.9. The molecule has 0 aromatic heterocycles. The minimum atomic E-state index is -0.139. The van der Waals surface area contributed by atoms with Gasteiger partial charge in [-0.1, -0.05) is 18.2 Å². The average Bonchev–Trinajstić information content (AvgIpc) is 2.46. The van der Waals surface area contributed by atoms with Gasteiger partial charge in [-0.25, -0.2) is 0 Å². The van der Waals surface area contributed by atoms with Gasteiger partial charge in [-0.3, -0.25) is 4.79 Å². The molecular weight excluding hydrogens is 252 g/mol. The fourth-order valence-electron chi connectivity index (χ4n) is 2.09. The summed E-state index contributed by atoms with van der Waals surface area (Å²) < 4.78 is 5.09. The van der Waals surface area contributed by atoms with Crippen LogP contribution in [0.5, 0.6) is 5.75 Å². The molecule has 4 heteroatoms. The number of carbonyl (C=O) groups excluding carboxylic acids is 1. The molecule has 0 aliphatic carbocycles. The average molecular weight is 270 g/mol. The van der Waals surface area contributed by atoms with Crippen molar-refractivity contribution in [3.63, 3.8) is 0 Å². The second kappa shape index (κ2) is 5.65. The van der Waals surface area contributed by atoms with E-state index in [0.29, 0.717) is 17.0 Å². The molecule has 0 spiro atoms. The van der Waals surface area contributed by atoms with Crippen LogP contribution in [-0.2, 0) is 0 Å². The molecule has 2 rings (SSSR count). The number of hydrogen-bond donors (Lipinski definition) is 1. The maximum Gasteiger partial charge on any atom is 0.260 e. The minimum absolute atomic E-state index is 0.139. The molecule has 20 heavy (non-hydrogen) atoms. The molecule has 0 aliphatic rings. The summed E-state index contributed by atoms with van der Waals surface area (Å²) in [6.07, 6.45) is 0. The Kier molecular flexibility index (Phi) is 3.94. The Bertz CT molecular complexity index is 638. The number of benzene rings is 2. The van der Waals surface area contributed by atoms with Crippen LogP contribution in [0.1, 0.15) is 15.9 Å². The van der Waals surface area contributed by atoms with E-state index < -0.39 is 0 Å². The number of para-hydroxylation sites is 1. The lowest BCUT2D eigenvalue weighted by atomic mass is 10.1. The van der Waals surface area contributed by atoms with E-state index in [4.69, 9.17) is 10.5 Å². The lowest BCUT2D eigenvalue weighted by molar-refractivity contribution is 0.0993. The van der Waals surface area contributed by atoms with Crippen LogP contribution in [0.3, 0.4) is 0 Å². The smallest absolute Gasteiger partial charge is 0.260 e. The number of aryl methyl sites for hydroxylation is 1. The minimum Gasteiger partial charge on any atom is -0.497 e. The van der Waals surface area contributed by atoms with Crippen molar-refractivity contribution in [2.75, 3.05) is 24.8 Å². The third-order valence-corrected chi connectivity index (χ3v) is 3.27. The Labute approximate surface area is 118 Å². The summed E-state index contributed by atoms with van der Waals surface area (Å²) in [5, 5.41) is 0. The van der Waals surface area contributed by atoms with Crippen LogP contribution < -0.4 is 15.4 Å². The number of hydrogen-bond acceptors (Lipinski definition) is 3. The van der Waals surface area contributed by atoms with E-state index in [2.05, 4.69) is 0 Å². The van der Waals surface area contributed by atoms with Gasteiger partial charge in [0.15, 0.2) is 0 Å². The summed E-state index contributed by atoms with van der Waals surface area (Å²) in [5.74, 6) is 0.497. The van der Waals surface area contributed by atoms with Gasteiger partial charge in [0.05, 0.1) is 12.7 Å². The van der Waals surface area contributed by atoms with Gasteiger partial charge in [0.2, 0.25) is 0 Å². The number of nitrogens with two attached hydrogens (primary N) is 1. The summed E-state index contributed by atoms with van der Waals surface area (Å²) in [4.78, 5) is 14.1. The standard InChI is InChI=1S/C16H18N2O2/c1-11-6-4-5-7-15(11)18(2)16(19)13-9-8-12(20-3)10-14(13)17/h4-10H,17H2,1-3H3. The van der Waals surface area contributed by atoms with E-state index in [1.165, 1.54) is 0 Å². The quantitative estimate of drug-likeness (QED) is 0.872. The van der Waals surface area contributed by atoms with E-state index in [-0.39, 0.29) is 5.91 Å². The number of rotatable bonds is 3. The molecule has 2 aromatic carbocycles. The monoisotopic (exact) mass is 270 g/mol. The Morgan fingerprint density at radius 2 is 1.90 bits per heavy atom. The zero-order chi connectivity index (χ0) is 14.7. The maximum atomic E-state index is 12.5. The molecule has 2 aromatic rings. The molecule has 2 N–H and O–H groups in total. The van der Waals surface area contributed by atoms with E-state index in [1.54, 1.807) is 37.3 Å². The second-order valence-corrected chi connectivity index (χ2v) is 4.60. The van der Waals surface area contributed by atoms with Crippen molar-refractivity contribution >= 4 is 17.3 Å². The highest BCUT2D eigenvalue weighted by molar-refractivity contribution is 6.09. The molecule has 0 atom stereocenters. The summed E-state index contributed by atoms with van der Waals surface area (Å²) in [6, 6.07) is 12.8. The first kappa shape index (κ1) is 13.9. The number of ether oxygens (including phenoxy) is 1. The summed E-state index contributed by atoms with van der Waals surface area (Å²) in [6.45, 7) is 1.97. The van der Waals surface area contributed by atoms with Crippen molar-refractivity contribution in [1.82, 2.24) is 0 Å². The first-order valence-electron chi connectivity index (χ1n) is 6.31. The predicted molar refractivity (Wildman–Crippen MR) is 81.3 cm³/mol. The molecule has 0 unspecified atom stereocenters. The van der Waals surface area contributed by atoms with E-state index in [1.807, 2.05) is 31.2 Å². The zero-order valence-corrected chi connectivity index (χ0v) is 11.9. The second-order valence-electron chi connectivity index (χ2n) is 4.60. The van der Waals surface area contributed by atoms with Gasteiger partial charge < -0.3 is 15.4 Å². The molecule has 0 radical (unpaired) electrons. The SMILES string of the molecule is COc1ccc(C(=O)N(C)c2ccccc2C)c(N)c1. The molecular formula is C16H18N2O2. The van der Waals surface area contributed by atoms with Crippen LogP contribution in [0.25, 0.3) is 0 Å². The number of methoxy groups -OCH3 is 1. The van der Waals surface area contributed by atoms with Gasteiger partial charge >= 0.3 is 0 Å². The largest absolute Gasteiger partial charge is 0.497 e. The van der Waals surface area contributed by atoms with E-state index >= 15 is 0 Å². The van der Waals surface area contributed by atoms with Crippen LogP contribution in [-0.4, -0.2) is 20.1 Å². The fourth-order valence-corrected chi connectivity index (χ4v) is 2.09. The van der Waals surface area contributed by atoms with E-state index in [9.17, 15) is 4.79 Å². The number of carbonyl (C=O) groups is 1. The third-order valence-electron chi connectivity index (χ3n) is 3.27. The Morgan fingerprint density at radius 3 is 2.50 bits per heavy atom. The summed E-state index contributed by atoms with van der Waals surface area (Å²) in [7, 11) is 3.31. The fraction of sp³-hybridized carbons (Fsp3) is 0.188. The Hall–Kier alpha value is -2.49. The molecule has 0 fully saturated rings. The summed E-state index contributed by atoms with van der Waals surface area (Å²) in [5.41, 5.74) is 8.71. The van der Waals surface area contributed by atoms with Crippen molar-refractivity contribution in [2.45, 2.75) is 6.92 Å². The molecule has 0 saturated heterocycles. The van der Waals surface area contributed by atoms with Crippen LogP contribution in [0.4, 0.5) is 11.4 Å². The van der Waals surface area contributed by atoms with Crippen molar-refractivity contribution in [1.29, 1.82) is 0 Å². The lowest BCUT2D eigenvalue weighted by Gasteiger charge is -2.20. The van der Waals surface area contributed by atoms with Crippen molar-refractivity contribution in [3.8, 4) is 5.75 Å². The maximum absolute atomic E-state index is 12.5. The number of amides is 1. The van der Waals surface area contributed by atoms with Gasteiger partial charge in [0.1, 0.15) is 5.75 Å². The van der Waals surface area contributed by atoms with Gasteiger partial charge in [0, 0.05) is 24.5 Å². The van der Waals surface area contributed by atoms with Crippen LogP contribution >= 0.6 is 0 Å². The van der Waals surface area contributed by atoms with E-state index in [0.717, 1.165) is 11.3 Å². The molecule has 0 bridgehead atoms. The van der Waals surface area contributed by atoms with Crippen LogP contribution in [0.2, 0.25) is 0 Å². The van der Waals surface area contributed by atoms with Gasteiger partial charge in [-0.05, 0) is 30.7 Å². The molecule has 4 nitrogen and oxygen atoms in total. The number of nitrogen functional groups attached to an aromatic ring is 1. The first-order valence-corrected chi connectivity index (χ1v) is 6.31. The molecule has 104 valence electrons. The molecule has 0 aliphatic heterocycles. The normalized spacial score (nSPS) is 10.2. The predicted octanol–water partition coefficient (Wildman–Crippen LogP) is 2.86. The molecule has 1 amide bonds.